The Kier molecular flexibility index (Phi) is 5.89. The number of benzene rings is 1. The van der Waals surface area contributed by atoms with Gasteiger partial charge in [0.1, 0.15) is 5.75 Å². The molecule has 136 valence electrons. The van der Waals surface area contributed by atoms with Gasteiger partial charge < -0.3 is 14.5 Å². The highest BCUT2D eigenvalue weighted by atomic mass is 32.2. The Morgan fingerprint density at radius 1 is 1.27 bits per heavy atom. The summed E-state index contributed by atoms with van der Waals surface area (Å²) in [6.07, 6.45) is 0.529. The quantitative estimate of drug-likeness (QED) is 0.618. The van der Waals surface area contributed by atoms with Crippen LogP contribution >= 0.6 is 23.1 Å². The Hall–Kier alpha value is -2.39. The standard InChI is InChI=1S/C17H18N4O3S2/c1-10-11(2)26-16(18-10)19-14(22)9-25-17-21-20-15(24-17)8-12-4-6-13(23-3)7-5-12/h4-7H,8-9H2,1-3H3,(H,18,19,22). The summed E-state index contributed by atoms with van der Waals surface area (Å²) in [4.78, 5) is 17.4. The van der Waals surface area contributed by atoms with Crippen LogP contribution in [0.15, 0.2) is 33.9 Å². The number of nitrogens with one attached hydrogen (secondary N) is 1. The number of methoxy groups -OCH3 is 1. The first-order valence-corrected chi connectivity index (χ1v) is 9.65. The molecule has 1 aromatic carbocycles. The van der Waals surface area contributed by atoms with Crippen LogP contribution in [-0.4, -0.2) is 34.0 Å². The van der Waals surface area contributed by atoms with Crippen LogP contribution in [0, 0.1) is 13.8 Å². The number of amides is 1. The highest BCUT2D eigenvalue weighted by Crippen LogP contribution is 2.22. The van der Waals surface area contributed by atoms with Crippen molar-refractivity contribution in [2.75, 3.05) is 18.2 Å². The van der Waals surface area contributed by atoms with E-state index in [4.69, 9.17) is 9.15 Å². The number of carbonyl (C=O) groups is 1. The van der Waals surface area contributed by atoms with Crippen LogP contribution in [0.3, 0.4) is 0 Å². The van der Waals surface area contributed by atoms with Gasteiger partial charge in [0.2, 0.25) is 11.8 Å². The molecule has 0 aliphatic carbocycles. The molecule has 0 fully saturated rings. The lowest BCUT2D eigenvalue weighted by Crippen LogP contribution is -2.13. The number of thiazole rings is 1. The third-order valence-corrected chi connectivity index (χ3v) is 5.37. The van der Waals surface area contributed by atoms with E-state index in [1.165, 1.54) is 23.1 Å². The topological polar surface area (TPSA) is 90.1 Å². The monoisotopic (exact) mass is 390 g/mol. The van der Waals surface area contributed by atoms with E-state index in [-0.39, 0.29) is 11.7 Å². The van der Waals surface area contributed by atoms with Gasteiger partial charge in [-0.1, -0.05) is 23.9 Å². The highest BCUT2D eigenvalue weighted by molar-refractivity contribution is 7.99. The molecule has 26 heavy (non-hydrogen) atoms. The summed E-state index contributed by atoms with van der Waals surface area (Å²) in [5.74, 6) is 1.33. The van der Waals surface area contributed by atoms with E-state index in [0.29, 0.717) is 22.7 Å². The van der Waals surface area contributed by atoms with E-state index in [1.807, 2.05) is 38.1 Å². The maximum absolute atomic E-state index is 12.0. The first kappa shape index (κ1) is 18.4. The van der Waals surface area contributed by atoms with Crippen LogP contribution in [0.5, 0.6) is 5.75 Å². The smallest absolute Gasteiger partial charge is 0.277 e. The van der Waals surface area contributed by atoms with Gasteiger partial charge in [-0.25, -0.2) is 4.98 Å². The molecule has 3 aromatic rings. The van der Waals surface area contributed by atoms with Gasteiger partial charge in [-0.15, -0.1) is 21.5 Å². The highest BCUT2D eigenvalue weighted by Gasteiger charge is 2.12. The normalized spacial score (nSPS) is 10.7. The van der Waals surface area contributed by atoms with E-state index in [0.717, 1.165) is 21.9 Å². The lowest BCUT2D eigenvalue weighted by Gasteiger charge is -2.00. The average Bonchev–Trinajstić information content (AvgIpc) is 3.20. The van der Waals surface area contributed by atoms with Crippen molar-refractivity contribution in [3.63, 3.8) is 0 Å². The minimum Gasteiger partial charge on any atom is -0.497 e. The number of aromatic nitrogens is 3. The summed E-state index contributed by atoms with van der Waals surface area (Å²) in [5.41, 5.74) is 1.97. The number of rotatable bonds is 7. The van der Waals surface area contributed by atoms with Gasteiger partial charge in [0, 0.05) is 4.88 Å². The first-order chi connectivity index (χ1) is 12.5. The van der Waals surface area contributed by atoms with Crippen LogP contribution < -0.4 is 10.1 Å². The second-order valence-electron chi connectivity index (χ2n) is 5.48. The third-order valence-electron chi connectivity index (χ3n) is 3.56. The van der Waals surface area contributed by atoms with Crippen molar-refractivity contribution >= 4 is 34.1 Å². The molecule has 3 rings (SSSR count). The molecule has 0 aliphatic heterocycles. The zero-order chi connectivity index (χ0) is 18.5. The number of hydrogen-bond donors (Lipinski definition) is 1. The molecular formula is C17H18N4O3S2. The predicted octanol–water partition coefficient (Wildman–Crippen LogP) is 3.47. The lowest BCUT2D eigenvalue weighted by atomic mass is 10.1. The number of anilines is 1. The average molecular weight is 390 g/mol. The van der Waals surface area contributed by atoms with E-state index >= 15 is 0 Å². The molecule has 0 bridgehead atoms. The summed E-state index contributed by atoms with van der Waals surface area (Å²) in [6.45, 7) is 3.89. The van der Waals surface area contributed by atoms with Crippen molar-refractivity contribution < 1.29 is 13.9 Å². The number of ether oxygens (including phenoxy) is 1. The molecule has 0 aliphatic rings. The number of carbonyl (C=O) groups excluding carboxylic acids is 1. The molecule has 0 unspecified atom stereocenters. The van der Waals surface area contributed by atoms with Gasteiger partial charge in [0.15, 0.2) is 5.13 Å². The minimum atomic E-state index is -0.154. The Morgan fingerprint density at radius 2 is 2.04 bits per heavy atom. The van der Waals surface area contributed by atoms with Crippen molar-refractivity contribution in [3.05, 3.63) is 46.3 Å². The summed E-state index contributed by atoms with van der Waals surface area (Å²) < 4.78 is 10.7. The van der Waals surface area contributed by atoms with E-state index in [2.05, 4.69) is 20.5 Å². The molecule has 0 saturated carbocycles. The number of nitrogens with zero attached hydrogens (tertiary/aromatic N) is 3. The van der Waals surface area contributed by atoms with Gasteiger partial charge >= 0.3 is 0 Å². The number of aryl methyl sites for hydroxylation is 2. The van der Waals surface area contributed by atoms with Gasteiger partial charge in [0.25, 0.3) is 5.22 Å². The van der Waals surface area contributed by atoms with Gasteiger partial charge in [0.05, 0.1) is 25.0 Å². The summed E-state index contributed by atoms with van der Waals surface area (Å²) in [5, 5.41) is 11.7. The molecule has 1 amide bonds. The molecular weight excluding hydrogens is 372 g/mol. The molecule has 2 heterocycles. The SMILES string of the molecule is COc1ccc(Cc2nnc(SCC(=O)Nc3nc(C)c(C)s3)o2)cc1. The van der Waals surface area contributed by atoms with E-state index < -0.39 is 0 Å². The molecule has 1 N–H and O–H groups in total. The summed E-state index contributed by atoms with van der Waals surface area (Å²) in [7, 11) is 1.63. The van der Waals surface area contributed by atoms with E-state index in [9.17, 15) is 4.79 Å². The Bertz CT molecular complexity index is 870. The second kappa shape index (κ2) is 8.33. The van der Waals surface area contributed by atoms with Crippen molar-refractivity contribution in [1.29, 1.82) is 0 Å². The lowest BCUT2D eigenvalue weighted by molar-refractivity contribution is -0.113. The van der Waals surface area contributed by atoms with E-state index in [1.54, 1.807) is 7.11 Å². The van der Waals surface area contributed by atoms with Gasteiger partial charge in [-0.05, 0) is 31.5 Å². The fourth-order valence-corrected chi connectivity index (χ4v) is 3.51. The molecule has 0 spiro atoms. The minimum absolute atomic E-state index is 0.154. The fraction of sp³-hybridized carbons (Fsp3) is 0.294. The van der Waals surface area contributed by atoms with Crippen LogP contribution in [0.1, 0.15) is 22.0 Å². The number of thioether (sulfide) groups is 1. The Labute approximate surface area is 159 Å². The second-order valence-corrected chi connectivity index (χ2v) is 7.61. The van der Waals surface area contributed by atoms with Gasteiger partial charge in [-0.3, -0.25) is 4.79 Å². The third kappa shape index (κ3) is 4.83. The largest absolute Gasteiger partial charge is 0.497 e. The molecule has 0 radical (unpaired) electrons. The van der Waals surface area contributed by atoms with Crippen molar-refractivity contribution in [2.45, 2.75) is 25.5 Å². The zero-order valence-electron chi connectivity index (χ0n) is 14.6. The molecule has 2 aromatic heterocycles. The first-order valence-electron chi connectivity index (χ1n) is 7.85. The van der Waals surface area contributed by atoms with Crippen molar-refractivity contribution in [1.82, 2.24) is 15.2 Å². The summed E-state index contributed by atoms with van der Waals surface area (Å²) in [6, 6.07) is 7.66. The maximum Gasteiger partial charge on any atom is 0.277 e. The zero-order valence-corrected chi connectivity index (χ0v) is 16.2. The molecule has 0 saturated heterocycles. The predicted molar refractivity (Wildman–Crippen MR) is 101 cm³/mol. The fourth-order valence-electron chi connectivity index (χ4n) is 2.09. The van der Waals surface area contributed by atoms with Crippen LogP contribution in [0.4, 0.5) is 5.13 Å². The molecule has 9 heteroatoms. The van der Waals surface area contributed by atoms with Crippen molar-refractivity contribution in [2.24, 2.45) is 0 Å². The molecule has 7 nitrogen and oxygen atoms in total. The van der Waals surface area contributed by atoms with Crippen LogP contribution in [0.2, 0.25) is 0 Å². The Morgan fingerprint density at radius 3 is 2.69 bits per heavy atom. The van der Waals surface area contributed by atoms with Crippen molar-refractivity contribution in [3.8, 4) is 5.75 Å². The number of hydrogen-bond acceptors (Lipinski definition) is 8. The van der Waals surface area contributed by atoms with Crippen LogP contribution in [0.25, 0.3) is 0 Å². The van der Waals surface area contributed by atoms with Gasteiger partial charge in [-0.2, -0.15) is 0 Å². The van der Waals surface area contributed by atoms with Crippen LogP contribution in [-0.2, 0) is 11.2 Å². The summed E-state index contributed by atoms with van der Waals surface area (Å²) >= 11 is 2.66. The Balaban J connectivity index is 1.50. The molecule has 0 atom stereocenters. The maximum atomic E-state index is 12.0.